The maximum atomic E-state index is 12.4. The molecule has 1 unspecified atom stereocenters. The van der Waals surface area contributed by atoms with Gasteiger partial charge in [-0.2, -0.15) is 5.10 Å². The monoisotopic (exact) mass is 320 g/mol. The number of nitrogens with one attached hydrogen (secondary N) is 1. The zero-order chi connectivity index (χ0) is 16.4. The Bertz CT molecular complexity index is 611. The molecule has 1 aliphatic heterocycles. The maximum absolute atomic E-state index is 12.4. The molecule has 1 N–H and O–H groups in total. The van der Waals surface area contributed by atoms with E-state index in [9.17, 15) is 9.59 Å². The second-order valence-electron chi connectivity index (χ2n) is 6.28. The van der Waals surface area contributed by atoms with E-state index in [4.69, 9.17) is 4.74 Å². The number of fused-ring (bicyclic) bond motifs is 1. The number of carbonyl (C=O) groups excluding carboxylic acids is 2. The van der Waals surface area contributed by atoms with Crippen LogP contribution in [0.4, 0.5) is 5.82 Å². The maximum Gasteiger partial charge on any atom is 0.252 e. The average Bonchev–Trinajstić information content (AvgIpc) is 3.03. The first-order valence-corrected chi connectivity index (χ1v) is 8.26. The van der Waals surface area contributed by atoms with Gasteiger partial charge in [0.05, 0.1) is 12.2 Å². The van der Waals surface area contributed by atoms with Crippen molar-refractivity contribution in [2.75, 3.05) is 25.5 Å². The van der Waals surface area contributed by atoms with Crippen LogP contribution in [-0.4, -0.2) is 52.8 Å². The van der Waals surface area contributed by atoms with Gasteiger partial charge in [0.25, 0.3) is 5.91 Å². The van der Waals surface area contributed by atoms with Gasteiger partial charge in [0, 0.05) is 26.3 Å². The van der Waals surface area contributed by atoms with Crippen molar-refractivity contribution < 1.29 is 14.3 Å². The fourth-order valence-electron chi connectivity index (χ4n) is 3.47. The third-order valence-electron chi connectivity index (χ3n) is 4.68. The molecule has 0 radical (unpaired) electrons. The molecule has 126 valence electrons. The van der Waals surface area contributed by atoms with Crippen LogP contribution >= 0.6 is 0 Å². The molecule has 7 nitrogen and oxygen atoms in total. The van der Waals surface area contributed by atoms with Crippen molar-refractivity contribution in [1.82, 2.24) is 14.7 Å². The van der Waals surface area contributed by atoms with E-state index < -0.39 is 6.10 Å². The van der Waals surface area contributed by atoms with E-state index in [2.05, 4.69) is 10.4 Å². The van der Waals surface area contributed by atoms with Gasteiger partial charge < -0.3 is 15.0 Å². The summed E-state index contributed by atoms with van der Waals surface area (Å²) in [4.78, 5) is 26.4. The van der Waals surface area contributed by atoms with Gasteiger partial charge in [-0.05, 0) is 38.5 Å². The largest absolute Gasteiger partial charge is 0.372 e. The number of carbonyl (C=O) groups is 2. The summed E-state index contributed by atoms with van der Waals surface area (Å²) in [6, 6.07) is 0. The minimum Gasteiger partial charge on any atom is -0.372 e. The topological polar surface area (TPSA) is 76.5 Å². The second-order valence-corrected chi connectivity index (χ2v) is 6.28. The van der Waals surface area contributed by atoms with Gasteiger partial charge in [-0.15, -0.1) is 0 Å². The van der Waals surface area contributed by atoms with Gasteiger partial charge in [0.15, 0.2) is 0 Å². The molecular formula is C16H24N4O3. The number of ether oxygens (including phenoxy) is 1. The molecule has 0 bridgehead atoms. The van der Waals surface area contributed by atoms with E-state index in [0.29, 0.717) is 6.54 Å². The van der Waals surface area contributed by atoms with Crippen LogP contribution in [-0.2, 0) is 34.2 Å². The molecule has 7 heteroatoms. The highest BCUT2D eigenvalue weighted by atomic mass is 16.5. The molecular weight excluding hydrogens is 296 g/mol. The summed E-state index contributed by atoms with van der Waals surface area (Å²) in [7, 11) is 3.39. The molecule has 1 saturated heterocycles. The van der Waals surface area contributed by atoms with Crippen molar-refractivity contribution in [2.24, 2.45) is 7.05 Å². The first-order chi connectivity index (χ1) is 11.1. The summed E-state index contributed by atoms with van der Waals surface area (Å²) in [6.07, 6.45) is 5.15. The molecule has 0 saturated carbocycles. The molecule has 1 aliphatic carbocycles. The Balaban J connectivity index is 1.66. The van der Waals surface area contributed by atoms with Gasteiger partial charge in [0.2, 0.25) is 5.91 Å². The van der Waals surface area contributed by atoms with Crippen LogP contribution in [0, 0.1) is 0 Å². The van der Waals surface area contributed by atoms with Gasteiger partial charge in [0.1, 0.15) is 11.9 Å². The van der Waals surface area contributed by atoms with E-state index >= 15 is 0 Å². The lowest BCUT2D eigenvalue weighted by Crippen LogP contribution is -2.43. The first-order valence-electron chi connectivity index (χ1n) is 8.26. The lowest BCUT2D eigenvalue weighted by atomic mass is 10.2. The number of rotatable bonds is 4. The zero-order valence-corrected chi connectivity index (χ0v) is 13.8. The van der Waals surface area contributed by atoms with Crippen molar-refractivity contribution >= 4 is 17.6 Å². The number of amides is 2. The van der Waals surface area contributed by atoms with Crippen LogP contribution in [0.1, 0.15) is 36.9 Å². The van der Waals surface area contributed by atoms with Crippen molar-refractivity contribution in [3.8, 4) is 0 Å². The van der Waals surface area contributed by atoms with E-state index in [-0.39, 0.29) is 18.4 Å². The lowest BCUT2D eigenvalue weighted by molar-refractivity contribution is -0.143. The van der Waals surface area contributed by atoms with Crippen molar-refractivity contribution in [3.05, 3.63) is 11.3 Å². The SMILES string of the molecule is COC1CCCCN(CC(=O)Nc2c3c(nn2C)CCC3)C1=O. The number of methoxy groups -OCH3 is 1. The molecule has 2 amide bonds. The van der Waals surface area contributed by atoms with Gasteiger partial charge in [-0.25, -0.2) is 0 Å². The van der Waals surface area contributed by atoms with Crippen molar-refractivity contribution in [2.45, 2.75) is 44.6 Å². The fourth-order valence-corrected chi connectivity index (χ4v) is 3.47. The smallest absolute Gasteiger partial charge is 0.252 e. The summed E-state index contributed by atoms with van der Waals surface area (Å²) in [5, 5.41) is 7.39. The number of aromatic nitrogens is 2. The summed E-state index contributed by atoms with van der Waals surface area (Å²) in [6.45, 7) is 0.675. The third kappa shape index (κ3) is 3.24. The quantitative estimate of drug-likeness (QED) is 0.893. The highest BCUT2D eigenvalue weighted by Gasteiger charge is 2.29. The molecule has 23 heavy (non-hydrogen) atoms. The molecule has 1 aromatic heterocycles. The molecule has 0 spiro atoms. The Morgan fingerprint density at radius 2 is 2.17 bits per heavy atom. The molecule has 1 aromatic rings. The second kappa shape index (κ2) is 6.70. The molecule has 3 rings (SSSR count). The minimum absolute atomic E-state index is 0.0681. The van der Waals surface area contributed by atoms with E-state index in [0.717, 1.165) is 55.6 Å². The third-order valence-corrected chi connectivity index (χ3v) is 4.68. The Morgan fingerprint density at radius 1 is 1.35 bits per heavy atom. The molecule has 2 heterocycles. The zero-order valence-electron chi connectivity index (χ0n) is 13.8. The summed E-state index contributed by atoms with van der Waals surface area (Å²) >= 11 is 0. The number of aryl methyl sites for hydroxylation is 2. The van der Waals surface area contributed by atoms with Crippen LogP contribution < -0.4 is 5.32 Å². The number of anilines is 1. The summed E-state index contributed by atoms with van der Waals surface area (Å²) < 4.78 is 6.97. The van der Waals surface area contributed by atoms with Crippen LogP contribution in [0.3, 0.4) is 0 Å². The Morgan fingerprint density at radius 3 is 2.96 bits per heavy atom. The Kier molecular flexibility index (Phi) is 4.66. The predicted molar refractivity (Wildman–Crippen MR) is 85.1 cm³/mol. The van der Waals surface area contributed by atoms with Crippen LogP contribution in [0.2, 0.25) is 0 Å². The summed E-state index contributed by atoms with van der Waals surface area (Å²) in [5.74, 6) is 0.510. The van der Waals surface area contributed by atoms with E-state index in [1.54, 1.807) is 16.7 Å². The van der Waals surface area contributed by atoms with Crippen LogP contribution in [0.5, 0.6) is 0 Å². The minimum atomic E-state index is -0.425. The average molecular weight is 320 g/mol. The van der Waals surface area contributed by atoms with Gasteiger partial charge in [-0.3, -0.25) is 14.3 Å². The number of hydrogen-bond acceptors (Lipinski definition) is 4. The molecule has 2 aliphatic rings. The molecule has 0 aromatic carbocycles. The highest BCUT2D eigenvalue weighted by molar-refractivity contribution is 5.95. The summed E-state index contributed by atoms with van der Waals surface area (Å²) in [5.41, 5.74) is 2.21. The van der Waals surface area contributed by atoms with Crippen LogP contribution in [0.25, 0.3) is 0 Å². The highest BCUT2D eigenvalue weighted by Crippen LogP contribution is 2.28. The molecule has 1 fully saturated rings. The van der Waals surface area contributed by atoms with E-state index in [1.165, 1.54) is 0 Å². The Hall–Kier alpha value is -1.89. The number of nitrogens with zero attached hydrogens (tertiary/aromatic N) is 3. The Labute approximate surface area is 136 Å². The molecule has 1 atom stereocenters. The van der Waals surface area contributed by atoms with Crippen LogP contribution in [0.15, 0.2) is 0 Å². The first kappa shape index (κ1) is 16.0. The van der Waals surface area contributed by atoms with Crippen molar-refractivity contribution in [1.29, 1.82) is 0 Å². The van der Waals surface area contributed by atoms with Gasteiger partial charge >= 0.3 is 0 Å². The number of likely N-dealkylation sites (tertiary alicyclic amines) is 1. The van der Waals surface area contributed by atoms with Gasteiger partial charge in [-0.1, -0.05) is 0 Å². The van der Waals surface area contributed by atoms with E-state index in [1.807, 2.05) is 7.05 Å². The standard InChI is InChI=1S/C16H24N4O3/c1-19-15(11-6-5-7-12(11)18-19)17-14(21)10-20-9-4-3-8-13(23-2)16(20)22/h13H,3-10H2,1-2H3,(H,17,21). The van der Waals surface area contributed by atoms with Crippen molar-refractivity contribution in [3.63, 3.8) is 0 Å². The number of hydrogen-bond donors (Lipinski definition) is 1. The normalized spacial score (nSPS) is 21.2. The lowest BCUT2D eigenvalue weighted by Gasteiger charge is -2.23. The predicted octanol–water partition coefficient (Wildman–Crippen LogP) is 0.875. The fraction of sp³-hybridized carbons (Fsp3) is 0.688.